The maximum absolute atomic E-state index is 13.6. The molecule has 3 amide bonds. The molecule has 0 radical (unpaired) electrons. The molecule has 8 rings (SSSR count). The molecule has 2 aromatic heterocycles. The number of benzene rings is 4. The van der Waals surface area contributed by atoms with Gasteiger partial charge >= 0.3 is 18.3 Å². The van der Waals surface area contributed by atoms with Gasteiger partial charge in [0.25, 0.3) is 5.91 Å². The Morgan fingerprint density at radius 3 is 1.22 bits per heavy atom. The van der Waals surface area contributed by atoms with Gasteiger partial charge in [0, 0.05) is 52.4 Å². The van der Waals surface area contributed by atoms with Crippen LogP contribution in [0.2, 0.25) is 0 Å². The van der Waals surface area contributed by atoms with Crippen LogP contribution >= 0.6 is 22.7 Å². The van der Waals surface area contributed by atoms with Crippen LogP contribution in [0, 0.1) is 13.8 Å². The smallest absolute Gasteiger partial charge is 0.416 e. The minimum atomic E-state index is -4.63. The number of nitrogens with two attached hydrogens (primary N) is 1. The summed E-state index contributed by atoms with van der Waals surface area (Å²) in [5.74, 6) is -2.32. The first-order valence-electron chi connectivity index (χ1n) is 25.5. The van der Waals surface area contributed by atoms with Gasteiger partial charge in [-0.25, -0.2) is 31.6 Å². The number of hydrogen-bond acceptors (Lipinski definition) is 14. The van der Waals surface area contributed by atoms with Crippen molar-refractivity contribution in [2.24, 2.45) is 5.73 Å². The van der Waals surface area contributed by atoms with Crippen LogP contribution in [0.15, 0.2) is 107 Å². The summed E-state index contributed by atoms with van der Waals surface area (Å²) >= 11 is 1.96. The third kappa shape index (κ3) is 14.6. The van der Waals surface area contributed by atoms with Crippen molar-refractivity contribution < 1.29 is 67.5 Å². The topological polar surface area (TPSA) is 246 Å². The molecule has 2 aliphatic rings. The molecule has 6 aromatic rings. The second kappa shape index (κ2) is 25.3. The summed E-state index contributed by atoms with van der Waals surface area (Å²) in [5.41, 5.74) is 8.03. The lowest BCUT2D eigenvalue weighted by molar-refractivity contribution is -0.138. The Kier molecular flexibility index (Phi) is 19.3. The van der Waals surface area contributed by atoms with Gasteiger partial charge in [0.15, 0.2) is 10.3 Å². The molecule has 0 spiro atoms. The van der Waals surface area contributed by atoms with Crippen molar-refractivity contribution in [3.8, 4) is 0 Å². The normalized spacial score (nSPS) is 16.7. The van der Waals surface area contributed by atoms with E-state index in [0.717, 1.165) is 77.8 Å². The average molecular weight is 1220 g/mol. The summed E-state index contributed by atoms with van der Waals surface area (Å²) < 4.78 is 135. The number of alkyl halides is 6. The third-order valence-electron chi connectivity index (χ3n) is 13.6. The van der Waals surface area contributed by atoms with Crippen molar-refractivity contribution in [2.75, 3.05) is 49.1 Å². The largest absolute Gasteiger partial charge is 0.477 e. The van der Waals surface area contributed by atoms with Crippen LogP contribution in [0.4, 0.5) is 36.6 Å². The van der Waals surface area contributed by atoms with E-state index >= 15 is 0 Å². The van der Waals surface area contributed by atoms with E-state index in [1.165, 1.54) is 0 Å². The molecule has 18 nitrogen and oxygen atoms in total. The van der Waals surface area contributed by atoms with Crippen LogP contribution in [-0.2, 0) is 55.1 Å². The number of halogens is 6. The number of nitrogens with zero attached hydrogens (tertiary/aromatic N) is 6. The minimum absolute atomic E-state index is 0.0330. The van der Waals surface area contributed by atoms with Crippen molar-refractivity contribution >= 4 is 76.7 Å². The molecule has 2 saturated heterocycles. The Morgan fingerprint density at radius 2 is 0.927 bits per heavy atom. The average Bonchev–Trinajstić information content (AvgIpc) is 4.16. The monoisotopic (exact) mass is 1220 g/mol. The number of sulfonamides is 2. The van der Waals surface area contributed by atoms with E-state index in [2.05, 4.69) is 48.3 Å². The number of aryl methyl sites for hydroxylation is 2. The second-order valence-corrected chi connectivity index (χ2v) is 25.7. The molecule has 440 valence electrons. The number of carbonyl (C=O) groups excluding carboxylic acids is 3. The quantitative estimate of drug-likeness (QED) is 0.0666. The van der Waals surface area contributed by atoms with E-state index in [9.17, 15) is 67.5 Å². The van der Waals surface area contributed by atoms with Gasteiger partial charge in [-0.1, -0.05) is 98.9 Å². The lowest BCUT2D eigenvalue weighted by atomic mass is 10.0. The molecule has 5 N–H and O–H groups in total. The van der Waals surface area contributed by atoms with Crippen LogP contribution in [0.5, 0.6) is 0 Å². The molecule has 28 heteroatoms. The van der Waals surface area contributed by atoms with Gasteiger partial charge in [0.1, 0.15) is 21.8 Å². The van der Waals surface area contributed by atoms with Crippen molar-refractivity contribution in [3.63, 3.8) is 0 Å². The van der Waals surface area contributed by atoms with Gasteiger partial charge in [0.05, 0.1) is 32.3 Å². The molecule has 0 bridgehead atoms. The summed E-state index contributed by atoms with van der Waals surface area (Å²) in [6, 6.07) is 19.1. The van der Waals surface area contributed by atoms with Gasteiger partial charge in [-0.05, 0) is 96.5 Å². The molecule has 4 heterocycles. The molecule has 2 aliphatic heterocycles. The van der Waals surface area contributed by atoms with Gasteiger partial charge in [-0.2, -0.15) is 35.0 Å². The Hall–Kier alpha value is -6.98. The number of piperazine rings is 2. The number of nitrogens with one attached hydrogen (secondary N) is 2. The van der Waals surface area contributed by atoms with E-state index in [-0.39, 0.29) is 71.9 Å². The highest BCUT2D eigenvalue weighted by molar-refractivity contribution is 7.89. The predicted octanol–water partition coefficient (Wildman–Crippen LogP) is 8.38. The van der Waals surface area contributed by atoms with Crippen molar-refractivity contribution in [3.05, 3.63) is 152 Å². The zero-order valence-electron chi connectivity index (χ0n) is 45.1. The molecular formula is C54H59F6N9O9S4. The summed E-state index contributed by atoms with van der Waals surface area (Å²) in [4.78, 5) is 61.8. The first-order chi connectivity index (χ1) is 38.4. The fourth-order valence-electron chi connectivity index (χ4n) is 8.90. The fraction of sp³-hybridized carbons (Fsp3) is 0.370. The zero-order valence-corrected chi connectivity index (χ0v) is 48.3. The Morgan fingerprint density at radius 1 is 0.585 bits per heavy atom. The molecule has 0 saturated carbocycles. The third-order valence-corrected chi connectivity index (χ3v) is 19.9. The standard InChI is InChI=1S/C27H30F3N5O4S2.C27H29F3N4O5S2/c1-16(2)19-6-4-18(5-7-19)14-32-25(37)22-15-34(26-33-17(3)23(40-26)24(31)36)12-13-35(22)41(38,39)21-10-8-20(9-11-21)27(28,29)30;1-16(2)19-6-4-18(5-7-19)14-31-24(35)22-15-33(26-32-17(3)23(40-26)25(36)37)12-13-34(22)41(38,39)21-10-8-20(9-11-21)27(28,29)30/h4-11,16,22H,12-15H2,1-3H3,(H2,31,36)(H,32,37);4-11,16,22H,12-15H2,1-3H3,(H,31,35)(H,36,37)/t2*22-/m11/s1. The number of hydrogen-bond donors (Lipinski definition) is 4. The summed E-state index contributed by atoms with van der Waals surface area (Å²) in [5, 5.41) is 15.7. The Bertz CT molecular complexity index is 3270. The van der Waals surface area contributed by atoms with Gasteiger partial charge in [-0.15, -0.1) is 0 Å². The lowest BCUT2D eigenvalue weighted by Crippen LogP contribution is -2.60. The number of anilines is 2. The van der Waals surface area contributed by atoms with E-state index < -0.39 is 79.3 Å². The lowest BCUT2D eigenvalue weighted by Gasteiger charge is -2.39. The summed E-state index contributed by atoms with van der Waals surface area (Å²) in [6.45, 7) is 11.4. The van der Waals surface area contributed by atoms with E-state index in [1.54, 1.807) is 23.6 Å². The predicted molar refractivity (Wildman–Crippen MR) is 297 cm³/mol. The summed E-state index contributed by atoms with van der Waals surface area (Å²) in [6.07, 6.45) is -9.26. The molecule has 0 unspecified atom stereocenters. The SMILES string of the molecule is Cc1nc(N2CCN(S(=O)(=O)c3ccc(C(F)(F)F)cc3)[C@@H](C(=O)NCc3ccc(C(C)C)cc3)C2)sc1C(=O)O.Cc1nc(N2CCN(S(=O)(=O)c3ccc(C(F)(F)F)cc3)[C@@H](C(=O)NCc3ccc(C(C)C)cc3)C2)sc1C(N)=O. The van der Waals surface area contributed by atoms with Crippen LogP contribution in [0.25, 0.3) is 0 Å². The number of aromatic nitrogens is 2. The van der Waals surface area contributed by atoms with Gasteiger partial charge < -0.3 is 31.3 Å². The summed E-state index contributed by atoms with van der Waals surface area (Å²) in [7, 11) is -8.72. The van der Waals surface area contributed by atoms with Crippen molar-refractivity contribution in [1.29, 1.82) is 0 Å². The molecule has 2 fully saturated rings. The van der Waals surface area contributed by atoms with Crippen molar-refractivity contribution in [2.45, 2.75) is 101 Å². The maximum Gasteiger partial charge on any atom is 0.416 e. The molecule has 0 aliphatic carbocycles. The number of amides is 3. The number of rotatable bonds is 16. The van der Waals surface area contributed by atoms with E-state index in [1.807, 2.05) is 48.5 Å². The first kappa shape index (κ1) is 62.6. The Labute approximate surface area is 478 Å². The highest BCUT2D eigenvalue weighted by atomic mass is 32.2. The number of aromatic carboxylic acids is 1. The fourth-order valence-corrected chi connectivity index (χ4v) is 13.9. The highest BCUT2D eigenvalue weighted by Crippen LogP contribution is 2.35. The Balaban J connectivity index is 0.000000236. The number of carbonyl (C=O) groups is 4. The van der Waals surface area contributed by atoms with E-state index in [4.69, 9.17) is 5.73 Å². The number of primary amides is 1. The number of carboxylic acids is 1. The zero-order chi connectivity index (χ0) is 60.2. The van der Waals surface area contributed by atoms with Crippen LogP contribution in [-0.4, -0.2) is 116 Å². The minimum Gasteiger partial charge on any atom is -0.477 e. The van der Waals surface area contributed by atoms with Gasteiger partial charge in [-0.3, -0.25) is 14.4 Å². The van der Waals surface area contributed by atoms with E-state index in [0.29, 0.717) is 57.8 Å². The first-order valence-corrected chi connectivity index (χ1v) is 30.0. The number of thiazole rings is 2. The van der Waals surface area contributed by atoms with Crippen LogP contribution in [0.1, 0.15) is 104 Å². The van der Waals surface area contributed by atoms with Crippen molar-refractivity contribution in [1.82, 2.24) is 29.2 Å². The second-order valence-electron chi connectivity index (χ2n) is 19.9. The molecule has 2 atom stereocenters. The maximum atomic E-state index is 13.6. The van der Waals surface area contributed by atoms with Crippen LogP contribution in [0.3, 0.4) is 0 Å². The number of carboxylic acid groups (broad SMARTS) is 1. The molecule has 82 heavy (non-hydrogen) atoms. The van der Waals surface area contributed by atoms with Crippen LogP contribution < -0.4 is 26.2 Å². The van der Waals surface area contributed by atoms with Gasteiger partial charge in [0.2, 0.25) is 31.9 Å². The highest BCUT2D eigenvalue weighted by Gasteiger charge is 2.43. The molecule has 4 aromatic carbocycles. The molecular weight excluding hydrogens is 1160 g/mol.